The highest BCUT2D eigenvalue weighted by atomic mass is 79.9. The first kappa shape index (κ1) is 12.0. The van der Waals surface area contributed by atoms with E-state index >= 15 is 0 Å². The molecular formula is C8H8Br2N4O. The van der Waals surface area contributed by atoms with Crippen molar-refractivity contribution in [2.75, 3.05) is 5.73 Å². The molecule has 1 amide bonds. The van der Waals surface area contributed by atoms with E-state index in [1.165, 1.54) is 0 Å². The van der Waals surface area contributed by atoms with Crippen molar-refractivity contribution in [3.8, 4) is 0 Å². The molecule has 0 aliphatic heterocycles. The molecule has 1 rings (SSSR count). The fraction of sp³-hybridized carbons (Fsp3) is 0. The quantitative estimate of drug-likeness (QED) is 0.407. The smallest absolute Gasteiger partial charge is 0.280 e. The molecule has 0 aliphatic rings. The van der Waals surface area contributed by atoms with Gasteiger partial charge in [-0.1, -0.05) is 0 Å². The predicted octanol–water partition coefficient (Wildman–Crippen LogP) is 1.21. The van der Waals surface area contributed by atoms with Gasteiger partial charge in [-0.25, -0.2) is 0 Å². The van der Waals surface area contributed by atoms with Crippen molar-refractivity contribution >= 4 is 49.4 Å². The Morgan fingerprint density at radius 2 is 1.67 bits per heavy atom. The Bertz CT molecular complexity index is 417. The Balaban J connectivity index is 3.18. The lowest BCUT2D eigenvalue weighted by Crippen LogP contribution is -2.24. The molecule has 1 aromatic carbocycles. The van der Waals surface area contributed by atoms with E-state index in [0.29, 0.717) is 20.2 Å². The fourth-order valence-electron chi connectivity index (χ4n) is 0.890. The molecule has 5 nitrogen and oxygen atoms in total. The number of carbonyl (C=O) groups excluding carboxylic acids is 1. The summed E-state index contributed by atoms with van der Waals surface area (Å²) in [4.78, 5) is 14.9. The number of nitrogens with two attached hydrogens (primary N) is 3. The van der Waals surface area contributed by atoms with E-state index in [2.05, 4.69) is 36.9 Å². The van der Waals surface area contributed by atoms with Gasteiger partial charge in [0.1, 0.15) is 0 Å². The van der Waals surface area contributed by atoms with Gasteiger partial charge in [0.2, 0.25) is 0 Å². The minimum Gasteiger partial charge on any atom is -0.397 e. The number of rotatable bonds is 1. The maximum atomic E-state index is 11.4. The van der Waals surface area contributed by atoms with E-state index in [4.69, 9.17) is 17.2 Å². The fourth-order valence-corrected chi connectivity index (χ4v) is 2.08. The summed E-state index contributed by atoms with van der Waals surface area (Å²) in [6, 6.07) is 3.10. The monoisotopic (exact) mass is 334 g/mol. The summed E-state index contributed by atoms with van der Waals surface area (Å²) in [5.74, 6) is -0.791. The highest BCUT2D eigenvalue weighted by Crippen LogP contribution is 2.29. The second-order valence-electron chi connectivity index (χ2n) is 2.70. The predicted molar refractivity (Wildman–Crippen MR) is 66.4 cm³/mol. The summed E-state index contributed by atoms with van der Waals surface area (Å²) in [6.07, 6.45) is 0. The lowest BCUT2D eigenvalue weighted by Gasteiger charge is -2.03. The summed E-state index contributed by atoms with van der Waals surface area (Å²) in [5, 5.41) is 0. The lowest BCUT2D eigenvalue weighted by atomic mass is 10.2. The highest BCUT2D eigenvalue weighted by Gasteiger charge is 2.10. The molecule has 0 spiro atoms. The molecule has 0 aromatic heterocycles. The number of carbonyl (C=O) groups is 1. The maximum Gasteiger partial charge on any atom is 0.280 e. The third-order valence-corrected chi connectivity index (χ3v) is 2.87. The summed E-state index contributed by atoms with van der Waals surface area (Å²) >= 11 is 6.43. The number of guanidine groups is 1. The van der Waals surface area contributed by atoms with Crippen LogP contribution in [0.2, 0.25) is 0 Å². The molecule has 0 saturated heterocycles. The topological polar surface area (TPSA) is 107 Å². The second-order valence-corrected chi connectivity index (χ2v) is 4.40. The van der Waals surface area contributed by atoms with Crippen molar-refractivity contribution in [1.29, 1.82) is 0 Å². The van der Waals surface area contributed by atoms with E-state index in [-0.39, 0.29) is 5.96 Å². The van der Waals surface area contributed by atoms with Crippen LogP contribution in [0.5, 0.6) is 0 Å². The van der Waals surface area contributed by atoms with Crippen molar-refractivity contribution in [3.05, 3.63) is 26.6 Å². The Morgan fingerprint density at radius 1 is 1.20 bits per heavy atom. The number of amides is 1. The Labute approximate surface area is 103 Å². The standard InChI is InChI=1S/C8H8Br2N4O/c9-4-1-3(2-5(10)6(4)11)7(15)14-8(12)13/h1-2H,11H2,(H4,12,13,14,15). The first-order chi connectivity index (χ1) is 6.91. The van der Waals surface area contributed by atoms with Crippen LogP contribution >= 0.6 is 31.9 Å². The van der Waals surface area contributed by atoms with Gasteiger partial charge >= 0.3 is 0 Å². The van der Waals surface area contributed by atoms with E-state index < -0.39 is 5.91 Å². The molecule has 0 bridgehead atoms. The van der Waals surface area contributed by atoms with Gasteiger partial charge in [0.25, 0.3) is 5.91 Å². The van der Waals surface area contributed by atoms with Crippen molar-refractivity contribution in [2.45, 2.75) is 0 Å². The van der Waals surface area contributed by atoms with Gasteiger partial charge in [-0.15, -0.1) is 0 Å². The molecule has 0 heterocycles. The molecular weight excluding hydrogens is 328 g/mol. The van der Waals surface area contributed by atoms with Gasteiger partial charge in [-0.3, -0.25) is 4.79 Å². The van der Waals surface area contributed by atoms with Crippen LogP contribution in [0.3, 0.4) is 0 Å². The molecule has 1 aromatic rings. The van der Waals surface area contributed by atoms with Gasteiger partial charge in [0, 0.05) is 14.5 Å². The van der Waals surface area contributed by atoms with Crippen LogP contribution in [-0.4, -0.2) is 11.9 Å². The minimum atomic E-state index is -0.517. The number of anilines is 1. The largest absolute Gasteiger partial charge is 0.397 e. The molecule has 15 heavy (non-hydrogen) atoms. The van der Waals surface area contributed by atoms with Crippen molar-refractivity contribution in [1.82, 2.24) is 0 Å². The molecule has 0 radical (unpaired) electrons. The van der Waals surface area contributed by atoms with Crippen molar-refractivity contribution < 1.29 is 4.79 Å². The zero-order chi connectivity index (χ0) is 11.6. The zero-order valence-corrected chi connectivity index (χ0v) is 10.7. The highest BCUT2D eigenvalue weighted by molar-refractivity contribution is 9.11. The van der Waals surface area contributed by atoms with Gasteiger partial charge < -0.3 is 17.2 Å². The second kappa shape index (κ2) is 4.63. The third-order valence-electron chi connectivity index (χ3n) is 1.56. The minimum absolute atomic E-state index is 0.274. The van der Waals surface area contributed by atoms with Gasteiger partial charge in [0.15, 0.2) is 5.96 Å². The number of nitrogen functional groups attached to an aromatic ring is 1. The number of nitrogens with zero attached hydrogens (tertiary/aromatic N) is 1. The van der Waals surface area contributed by atoms with Gasteiger partial charge in [-0.05, 0) is 44.0 Å². The number of aliphatic imine (C=N–C) groups is 1. The Morgan fingerprint density at radius 3 is 2.07 bits per heavy atom. The Kier molecular flexibility index (Phi) is 3.70. The number of hydrogen-bond donors (Lipinski definition) is 3. The van der Waals surface area contributed by atoms with E-state index in [9.17, 15) is 4.79 Å². The summed E-state index contributed by atoms with van der Waals surface area (Å²) < 4.78 is 1.21. The maximum absolute atomic E-state index is 11.4. The molecule has 0 saturated carbocycles. The summed E-state index contributed by atoms with van der Waals surface area (Å²) in [5.41, 5.74) is 16.7. The van der Waals surface area contributed by atoms with E-state index in [1.54, 1.807) is 12.1 Å². The van der Waals surface area contributed by atoms with Crippen LogP contribution in [0.25, 0.3) is 0 Å². The molecule has 0 atom stereocenters. The van der Waals surface area contributed by atoms with Crippen LogP contribution in [0, 0.1) is 0 Å². The van der Waals surface area contributed by atoms with Crippen molar-refractivity contribution in [2.24, 2.45) is 16.5 Å². The lowest BCUT2D eigenvalue weighted by molar-refractivity contribution is 0.100. The molecule has 0 aliphatic carbocycles. The Hall–Kier alpha value is -1.08. The van der Waals surface area contributed by atoms with E-state index in [1.807, 2.05) is 0 Å². The normalized spacial score (nSPS) is 9.73. The van der Waals surface area contributed by atoms with Crippen LogP contribution < -0.4 is 17.2 Å². The molecule has 6 N–H and O–H groups in total. The molecule has 0 fully saturated rings. The van der Waals surface area contributed by atoms with Crippen LogP contribution in [0.15, 0.2) is 26.1 Å². The summed E-state index contributed by atoms with van der Waals surface area (Å²) in [6.45, 7) is 0. The first-order valence-corrected chi connectivity index (χ1v) is 5.39. The molecule has 80 valence electrons. The first-order valence-electron chi connectivity index (χ1n) is 3.80. The van der Waals surface area contributed by atoms with Gasteiger partial charge in [-0.2, -0.15) is 4.99 Å². The number of halogens is 2. The van der Waals surface area contributed by atoms with Crippen LogP contribution in [0.1, 0.15) is 10.4 Å². The average molecular weight is 336 g/mol. The van der Waals surface area contributed by atoms with E-state index in [0.717, 1.165) is 0 Å². The third kappa shape index (κ3) is 2.93. The van der Waals surface area contributed by atoms with Crippen molar-refractivity contribution in [3.63, 3.8) is 0 Å². The number of benzene rings is 1. The van der Waals surface area contributed by atoms with Crippen LogP contribution in [-0.2, 0) is 0 Å². The zero-order valence-electron chi connectivity index (χ0n) is 7.50. The summed E-state index contributed by atoms with van der Waals surface area (Å²) in [7, 11) is 0. The molecule has 0 unspecified atom stereocenters. The SMILES string of the molecule is NC(N)=NC(=O)c1cc(Br)c(N)c(Br)c1. The average Bonchev–Trinajstić information content (AvgIpc) is 2.12. The van der Waals surface area contributed by atoms with Gasteiger partial charge in [0.05, 0.1) is 5.69 Å². The number of hydrogen-bond acceptors (Lipinski definition) is 2. The molecule has 7 heteroatoms. The van der Waals surface area contributed by atoms with Crippen LogP contribution in [0.4, 0.5) is 5.69 Å².